The van der Waals surface area contributed by atoms with E-state index in [-0.39, 0.29) is 5.91 Å². The van der Waals surface area contributed by atoms with Crippen molar-refractivity contribution in [2.24, 2.45) is 0 Å². The first-order valence-electron chi connectivity index (χ1n) is 12.4. The normalized spacial score (nSPS) is 14.4. The van der Waals surface area contributed by atoms with Crippen molar-refractivity contribution < 1.29 is 17.9 Å². The number of nitrogens with zero attached hydrogens (tertiary/aromatic N) is 2. The summed E-state index contributed by atoms with van der Waals surface area (Å²) in [6, 6.07) is 19.3. The Bertz CT molecular complexity index is 1320. The molecule has 1 aliphatic heterocycles. The zero-order valence-electron chi connectivity index (χ0n) is 21.1. The highest BCUT2D eigenvalue weighted by molar-refractivity contribution is 7.89. The second-order valence-corrected chi connectivity index (χ2v) is 11.4. The number of aryl methyl sites for hydroxylation is 1. The van der Waals surface area contributed by atoms with Crippen LogP contribution in [0.3, 0.4) is 0 Å². The van der Waals surface area contributed by atoms with E-state index < -0.39 is 10.0 Å². The average molecular weight is 542 g/mol. The number of amides is 1. The van der Waals surface area contributed by atoms with Gasteiger partial charge in [-0.15, -0.1) is 0 Å². The summed E-state index contributed by atoms with van der Waals surface area (Å²) in [5, 5.41) is 3.46. The van der Waals surface area contributed by atoms with Crippen LogP contribution in [0.15, 0.2) is 71.6 Å². The maximum Gasteiger partial charge on any atom is 0.255 e. The maximum atomic E-state index is 13.1. The van der Waals surface area contributed by atoms with Gasteiger partial charge in [-0.05, 0) is 61.9 Å². The van der Waals surface area contributed by atoms with E-state index in [0.717, 1.165) is 24.2 Å². The summed E-state index contributed by atoms with van der Waals surface area (Å²) in [6.07, 6.45) is 2.03. The molecule has 1 heterocycles. The fourth-order valence-corrected chi connectivity index (χ4v) is 5.90. The predicted octanol–water partition coefficient (Wildman–Crippen LogP) is 5.59. The highest BCUT2D eigenvalue weighted by atomic mass is 35.5. The fraction of sp³-hybridized carbons (Fsp3) is 0.321. The maximum absolute atomic E-state index is 13.1. The van der Waals surface area contributed by atoms with E-state index >= 15 is 0 Å². The first-order chi connectivity index (χ1) is 17.8. The topological polar surface area (TPSA) is 79.0 Å². The van der Waals surface area contributed by atoms with Gasteiger partial charge in [0.1, 0.15) is 5.75 Å². The number of hydrogen-bond donors (Lipinski definition) is 1. The largest absolute Gasteiger partial charge is 0.494 e. The molecular weight excluding hydrogens is 510 g/mol. The van der Waals surface area contributed by atoms with Crippen molar-refractivity contribution in [1.29, 1.82) is 0 Å². The second kappa shape index (κ2) is 12.0. The first-order valence-corrected chi connectivity index (χ1v) is 14.3. The zero-order chi connectivity index (χ0) is 26.4. The van der Waals surface area contributed by atoms with Crippen LogP contribution in [0.1, 0.15) is 35.7 Å². The molecule has 0 unspecified atom stereocenters. The minimum atomic E-state index is -3.58. The number of piperazine rings is 1. The summed E-state index contributed by atoms with van der Waals surface area (Å²) in [4.78, 5) is 15.3. The molecule has 0 spiro atoms. The van der Waals surface area contributed by atoms with Crippen molar-refractivity contribution in [2.75, 3.05) is 43.0 Å². The number of halogens is 1. The molecule has 0 bridgehead atoms. The third-order valence-corrected chi connectivity index (χ3v) is 8.55. The molecule has 1 aliphatic rings. The molecule has 37 heavy (non-hydrogen) atoms. The number of unbranched alkanes of at least 4 members (excludes halogenated alkanes) is 1. The van der Waals surface area contributed by atoms with Gasteiger partial charge in [0.2, 0.25) is 10.0 Å². The molecule has 0 saturated carbocycles. The van der Waals surface area contributed by atoms with Crippen LogP contribution in [0.25, 0.3) is 0 Å². The summed E-state index contributed by atoms with van der Waals surface area (Å²) in [6.45, 7) is 6.19. The molecule has 0 aliphatic carbocycles. The summed E-state index contributed by atoms with van der Waals surface area (Å²) in [5.41, 5.74) is 2.77. The fourth-order valence-electron chi connectivity index (χ4n) is 4.18. The lowest BCUT2D eigenvalue weighted by atomic mass is 10.1. The molecule has 3 aromatic carbocycles. The lowest BCUT2D eigenvalue weighted by Gasteiger charge is -2.36. The van der Waals surface area contributed by atoms with Crippen LogP contribution in [0.5, 0.6) is 5.75 Å². The number of nitrogens with one attached hydrogen (secondary N) is 1. The Labute approximate surface area is 224 Å². The molecule has 1 fully saturated rings. The molecule has 1 N–H and O–H groups in total. The van der Waals surface area contributed by atoms with Crippen LogP contribution in [-0.2, 0) is 10.0 Å². The number of rotatable bonds is 9. The molecule has 0 radical (unpaired) electrons. The van der Waals surface area contributed by atoms with E-state index in [1.165, 1.54) is 4.31 Å². The van der Waals surface area contributed by atoms with E-state index in [1.54, 1.807) is 66.7 Å². The Morgan fingerprint density at radius 1 is 0.973 bits per heavy atom. The molecule has 9 heteroatoms. The number of hydrogen-bond acceptors (Lipinski definition) is 5. The molecule has 7 nitrogen and oxygen atoms in total. The van der Waals surface area contributed by atoms with Crippen LogP contribution in [-0.4, -0.2) is 51.4 Å². The van der Waals surface area contributed by atoms with Crippen molar-refractivity contribution in [3.8, 4) is 5.75 Å². The molecule has 196 valence electrons. The van der Waals surface area contributed by atoms with Gasteiger partial charge >= 0.3 is 0 Å². The Balaban J connectivity index is 1.44. The van der Waals surface area contributed by atoms with Crippen LogP contribution >= 0.6 is 11.6 Å². The van der Waals surface area contributed by atoms with Crippen molar-refractivity contribution in [3.63, 3.8) is 0 Å². The Hall–Kier alpha value is -3.07. The Morgan fingerprint density at radius 2 is 1.65 bits per heavy atom. The third-order valence-electron chi connectivity index (χ3n) is 6.33. The van der Waals surface area contributed by atoms with Crippen LogP contribution in [0, 0.1) is 6.92 Å². The van der Waals surface area contributed by atoms with E-state index in [1.807, 2.05) is 11.8 Å². The van der Waals surface area contributed by atoms with E-state index in [0.29, 0.717) is 59.6 Å². The smallest absolute Gasteiger partial charge is 0.255 e. The van der Waals surface area contributed by atoms with Gasteiger partial charge in [-0.25, -0.2) is 8.42 Å². The molecule has 1 saturated heterocycles. The number of carbonyl (C=O) groups is 1. The van der Waals surface area contributed by atoms with Crippen molar-refractivity contribution in [3.05, 3.63) is 82.9 Å². The lowest BCUT2D eigenvalue weighted by molar-refractivity contribution is 0.102. The molecule has 0 aromatic heterocycles. The van der Waals surface area contributed by atoms with E-state index in [9.17, 15) is 13.2 Å². The van der Waals surface area contributed by atoms with Crippen molar-refractivity contribution in [1.82, 2.24) is 4.31 Å². The second-order valence-electron chi connectivity index (χ2n) is 9.02. The molecule has 4 rings (SSSR count). The summed E-state index contributed by atoms with van der Waals surface area (Å²) in [5.74, 6) is 0.469. The zero-order valence-corrected chi connectivity index (χ0v) is 22.7. The molecule has 0 atom stereocenters. The Kier molecular flexibility index (Phi) is 8.74. The monoisotopic (exact) mass is 541 g/mol. The van der Waals surface area contributed by atoms with Gasteiger partial charge < -0.3 is 15.0 Å². The van der Waals surface area contributed by atoms with Gasteiger partial charge in [0, 0.05) is 31.7 Å². The quantitative estimate of drug-likeness (QED) is 0.357. The molecular formula is C28H32ClN3O4S. The summed E-state index contributed by atoms with van der Waals surface area (Å²) < 4.78 is 33.4. The summed E-state index contributed by atoms with van der Waals surface area (Å²) in [7, 11) is -3.58. The number of carbonyl (C=O) groups excluding carboxylic acids is 1. The highest BCUT2D eigenvalue weighted by Crippen LogP contribution is 2.35. The van der Waals surface area contributed by atoms with Gasteiger partial charge in [-0.3, -0.25) is 4.79 Å². The van der Waals surface area contributed by atoms with Crippen LogP contribution < -0.4 is 15.0 Å². The van der Waals surface area contributed by atoms with E-state index in [4.69, 9.17) is 16.3 Å². The minimum Gasteiger partial charge on any atom is -0.494 e. The number of para-hydroxylation sites is 1. The van der Waals surface area contributed by atoms with Gasteiger partial charge in [0.25, 0.3) is 5.91 Å². The number of benzene rings is 3. The standard InChI is InChI=1S/C28H32ClN3O4S/c1-3-4-20-36-23-12-10-22(11-13-23)28(33)30-26-7-5-6-25(29)27(26)31-16-18-32(19-17-31)37(34,35)24-14-8-21(2)9-15-24/h5-15H,3-4,16-20H2,1-2H3,(H,30,33). The van der Waals surface area contributed by atoms with Gasteiger partial charge in [-0.2, -0.15) is 4.31 Å². The van der Waals surface area contributed by atoms with Crippen molar-refractivity contribution in [2.45, 2.75) is 31.6 Å². The van der Waals surface area contributed by atoms with Crippen LogP contribution in [0.2, 0.25) is 5.02 Å². The number of anilines is 2. The minimum absolute atomic E-state index is 0.260. The van der Waals surface area contributed by atoms with Crippen molar-refractivity contribution >= 4 is 38.9 Å². The van der Waals surface area contributed by atoms with Gasteiger partial charge in [0.15, 0.2) is 0 Å². The summed E-state index contributed by atoms with van der Waals surface area (Å²) >= 11 is 6.57. The first kappa shape index (κ1) is 27.0. The predicted molar refractivity (Wildman–Crippen MR) is 148 cm³/mol. The molecule has 1 amide bonds. The van der Waals surface area contributed by atoms with E-state index in [2.05, 4.69) is 12.2 Å². The van der Waals surface area contributed by atoms with Crippen LogP contribution in [0.4, 0.5) is 11.4 Å². The molecule has 3 aromatic rings. The lowest BCUT2D eigenvalue weighted by Crippen LogP contribution is -2.49. The number of sulfonamides is 1. The van der Waals surface area contributed by atoms with Gasteiger partial charge in [0.05, 0.1) is 27.9 Å². The van der Waals surface area contributed by atoms with Gasteiger partial charge in [-0.1, -0.05) is 48.7 Å². The average Bonchev–Trinajstić information content (AvgIpc) is 2.90. The third kappa shape index (κ3) is 6.44. The SMILES string of the molecule is CCCCOc1ccc(C(=O)Nc2cccc(Cl)c2N2CCN(S(=O)(=O)c3ccc(C)cc3)CC2)cc1. The highest BCUT2D eigenvalue weighted by Gasteiger charge is 2.30. The Morgan fingerprint density at radius 3 is 2.30 bits per heavy atom. The number of ether oxygens (including phenoxy) is 1.